The third-order valence-corrected chi connectivity index (χ3v) is 6.23. The molecule has 1 aromatic rings. The second-order valence-corrected chi connectivity index (χ2v) is 8.37. The highest BCUT2D eigenvalue weighted by atomic mass is 32.2. The maximum Gasteiger partial charge on any atom is 0.511 e. The molecule has 0 amide bonds. The number of aliphatic imine (C=N–C) groups is 1. The summed E-state index contributed by atoms with van der Waals surface area (Å²) in [4.78, 5) is 4.13. The third kappa shape index (κ3) is 5.58. The third-order valence-electron chi connectivity index (χ3n) is 4.60. The minimum absolute atomic E-state index is 0.130. The highest BCUT2D eigenvalue weighted by molar-refractivity contribution is 7.90. The van der Waals surface area contributed by atoms with Crippen molar-refractivity contribution in [3.63, 3.8) is 0 Å². The van der Waals surface area contributed by atoms with Crippen molar-refractivity contribution in [3.05, 3.63) is 35.4 Å². The minimum Gasteiger partial charge on any atom is -0.356 e. The fourth-order valence-corrected chi connectivity index (χ4v) is 3.97. The number of halogens is 3. The number of hydrogen-bond acceptors (Lipinski definition) is 3. The van der Waals surface area contributed by atoms with E-state index in [0.29, 0.717) is 16.8 Å². The normalized spacial score (nSPS) is 17.7. The molecule has 1 saturated heterocycles. The molecule has 1 aliphatic rings. The number of piperidine rings is 1. The Balaban J connectivity index is 1.80. The Bertz CT molecular complexity index is 758. The van der Waals surface area contributed by atoms with E-state index in [9.17, 15) is 21.6 Å². The van der Waals surface area contributed by atoms with Gasteiger partial charge in [-0.2, -0.15) is 17.5 Å². The molecule has 2 N–H and O–H groups in total. The molecule has 2 rings (SSSR count). The van der Waals surface area contributed by atoms with Gasteiger partial charge in [0.2, 0.25) is 0 Å². The van der Waals surface area contributed by atoms with Gasteiger partial charge in [-0.3, -0.25) is 4.99 Å². The monoisotopic (exact) mass is 406 g/mol. The van der Waals surface area contributed by atoms with Crippen LogP contribution in [0, 0.1) is 6.92 Å². The zero-order chi connectivity index (χ0) is 20.1. The molecule has 0 unspecified atom stereocenters. The Morgan fingerprint density at radius 1 is 1.26 bits per heavy atom. The Hall–Kier alpha value is -1.81. The van der Waals surface area contributed by atoms with E-state index < -0.39 is 15.5 Å². The molecule has 27 heavy (non-hydrogen) atoms. The summed E-state index contributed by atoms with van der Waals surface area (Å²) < 4.78 is 61.2. The van der Waals surface area contributed by atoms with Gasteiger partial charge in [0, 0.05) is 32.7 Å². The molecule has 10 heteroatoms. The van der Waals surface area contributed by atoms with Gasteiger partial charge in [-0.25, -0.2) is 8.42 Å². The standard InChI is InChI=1S/C17H25F3N4O2S/c1-13-5-3-4-6-14(13)7-10-22-16(21-2)23-15-8-11-24(12-9-15)27(25,26)17(18,19)20/h3-6,15H,7-12H2,1-2H3,(H2,21,22,23). The summed E-state index contributed by atoms with van der Waals surface area (Å²) in [7, 11) is -3.63. The van der Waals surface area contributed by atoms with E-state index in [0.717, 1.165) is 6.42 Å². The fourth-order valence-electron chi connectivity index (χ4n) is 2.98. The summed E-state index contributed by atoms with van der Waals surface area (Å²) in [6.07, 6.45) is 1.39. The fraction of sp³-hybridized carbons (Fsp3) is 0.588. The largest absolute Gasteiger partial charge is 0.511 e. The molecule has 0 radical (unpaired) electrons. The molecule has 1 aliphatic heterocycles. The number of alkyl halides is 3. The Morgan fingerprint density at radius 3 is 2.44 bits per heavy atom. The lowest BCUT2D eigenvalue weighted by atomic mass is 10.1. The van der Waals surface area contributed by atoms with Crippen LogP contribution in [0.15, 0.2) is 29.3 Å². The van der Waals surface area contributed by atoms with Gasteiger partial charge in [-0.05, 0) is 37.3 Å². The molecular weight excluding hydrogens is 381 g/mol. The lowest BCUT2D eigenvalue weighted by Crippen LogP contribution is -2.51. The van der Waals surface area contributed by atoms with Crippen molar-refractivity contribution >= 4 is 16.0 Å². The molecule has 0 aliphatic carbocycles. The summed E-state index contributed by atoms with van der Waals surface area (Å²) in [6.45, 7) is 2.37. The molecule has 0 bridgehead atoms. The van der Waals surface area contributed by atoms with Crippen LogP contribution in [0.5, 0.6) is 0 Å². The molecule has 1 heterocycles. The average molecular weight is 406 g/mol. The van der Waals surface area contributed by atoms with Crippen LogP contribution < -0.4 is 10.6 Å². The summed E-state index contributed by atoms with van der Waals surface area (Å²) >= 11 is 0. The number of aryl methyl sites for hydroxylation is 1. The lowest BCUT2D eigenvalue weighted by Gasteiger charge is -2.32. The van der Waals surface area contributed by atoms with Gasteiger partial charge in [0.05, 0.1) is 0 Å². The van der Waals surface area contributed by atoms with Gasteiger partial charge in [0.1, 0.15) is 0 Å². The summed E-state index contributed by atoms with van der Waals surface area (Å²) in [5.41, 5.74) is -2.81. The van der Waals surface area contributed by atoms with Crippen LogP contribution >= 0.6 is 0 Å². The Labute approximate surface area is 157 Å². The highest BCUT2D eigenvalue weighted by Gasteiger charge is 2.50. The number of benzene rings is 1. The SMILES string of the molecule is CN=C(NCCc1ccccc1C)NC1CCN(S(=O)(=O)C(F)(F)F)CC1. The van der Waals surface area contributed by atoms with Gasteiger partial charge >= 0.3 is 15.5 Å². The van der Waals surface area contributed by atoms with Crippen molar-refractivity contribution in [2.24, 2.45) is 4.99 Å². The van der Waals surface area contributed by atoms with Crippen LogP contribution in [0.1, 0.15) is 24.0 Å². The molecule has 6 nitrogen and oxygen atoms in total. The van der Waals surface area contributed by atoms with Crippen molar-refractivity contribution < 1.29 is 21.6 Å². The maximum atomic E-state index is 12.6. The van der Waals surface area contributed by atoms with Crippen molar-refractivity contribution in [1.82, 2.24) is 14.9 Å². The van der Waals surface area contributed by atoms with Gasteiger partial charge in [-0.1, -0.05) is 24.3 Å². The van der Waals surface area contributed by atoms with Gasteiger partial charge in [0.25, 0.3) is 0 Å². The quantitative estimate of drug-likeness (QED) is 0.580. The van der Waals surface area contributed by atoms with E-state index >= 15 is 0 Å². The number of nitrogens with one attached hydrogen (secondary N) is 2. The number of hydrogen-bond donors (Lipinski definition) is 2. The van der Waals surface area contributed by atoms with Crippen LogP contribution in [-0.4, -0.2) is 56.9 Å². The second kappa shape index (κ2) is 8.92. The van der Waals surface area contributed by atoms with Crippen LogP contribution in [-0.2, 0) is 16.4 Å². The zero-order valence-electron chi connectivity index (χ0n) is 15.4. The Morgan fingerprint density at radius 2 is 1.89 bits per heavy atom. The highest BCUT2D eigenvalue weighted by Crippen LogP contribution is 2.28. The first-order valence-electron chi connectivity index (χ1n) is 8.73. The second-order valence-electron chi connectivity index (χ2n) is 6.44. The first-order valence-corrected chi connectivity index (χ1v) is 10.2. The van der Waals surface area contributed by atoms with Gasteiger partial charge in [-0.15, -0.1) is 0 Å². The number of guanidine groups is 1. The summed E-state index contributed by atoms with van der Waals surface area (Å²) in [6, 6.07) is 7.94. The summed E-state index contributed by atoms with van der Waals surface area (Å²) in [5, 5.41) is 6.34. The van der Waals surface area contributed by atoms with Crippen LogP contribution in [0.3, 0.4) is 0 Å². The van der Waals surface area contributed by atoms with E-state index in [2.05, 4.69) is 21.7 Å². The minimum atomic E-state index is -5.25. The van der Waals surface area contributed by atoms with Crippen LogP contribution in [0.25, 0.3) is 0 Å². The number of rotatable bonds is 5. The van der Waals surface area contributed by atoms with Crippen molar-refractivity contribution in [2.45, 2.75) is 37.7 Å². The maximum absolute atomic E-state index is 12.6. The first kappa shape index (κ1) is 21.5. The molecule has 0 saturated carbocycles. The first-order chi connectivity index (χ1) is 12.6. The van der Waals surface area contributed by atoms with Gasteiger partial charge in [0.15, 0.2) is 5.96 Å². The molecule has 0 spiro atoms. The molecule has 152 valence electrons. The predicted octanol–water partition coefficient (Wildman–Crippen LogP) is 2.02. The average Bonchev–Trinajstić information content (AvgIpc) is 2.62. The molecular formula is C17H25F3N4O2S. The molecule has 0 atom stereocenters. The van der Waals surface area contributed by atoms with Crippen LogP contribution in [0.2, 0.25) is 0 Å². The van der Waals surface area contributed by atoms with E-state index in [1.165, 1.54) is 11.1 Å². The van der Waals surface area contributed by atoms with Crippen molar-refractivity contribution in [3.8, 4) is 0 Å². The molecule has 1 aromatic carbocycles. The zero-order valence-corrected chi connectivity index (χ0v) is 16.2. The van der Waals surface area contributed by atoms with Gasteiger partial charge < -0.3 is 10.6 Å². The van der Waals surface area contributed by atoms with E-state index in [1.807, 2.05) is 25.1 Å². The lowest BCUT2D eigenvalue weighted by molar-refractivity contribution is -0.0494. The predicted molar refractivity (Wildman–Crippen MR) is 99.0 cm³/mol. The number of sulfonamides is 1. The molecule has 0 aromatic heterocycles. The van der Waals surface area contributed by atoms with E-state index in [1.54, 1.807) is 7.05 Å². The number of nitrogens with zero attached hydrogens (tertiary/aromatic N) is 2. The topological polar surface area (TPSA) is 73.8 Å². The van der Waals surface area contributed by atoms with E-state index in [-0.39, 0.29) is 32.0 Å². The Kier molecular flexibility index (Phi) is 7.10. The van der Waals surface area contributed by atoms with Crippen molar-refractivity contribution in [1.29, 1.82) is 0 Å². The van der Waals surface area contributed by atoms with E-state index in [4.69, 9.17) is 0 Å². The van der Waals surface area contributed by atoms with Crippen molar-refractivity contribution in [2.75, 3.05) is 26.7 Å². The molecule has 1 fully saturated rings. The van der Waals surface area contributed by atoms with Crippen LogP contribution in [0.4, 0.5) is 13.2 Å². The smallest absolute Gasteiger partial charge is 0.356 e. The summed E-state index contributed by atoms with van der Waals surface area (Å²) in [5.74, 6) is 0.556.